The van der Waals surface area contributed by atoms with Crippen LogP contribution < -0.4 is 0 Å². The van der Waals surface area contributed by atoms with E-state index in [0.717, 1.165) is 17.8 Å². The van der Waals surface area contributed by atoms with Crippen LogP contribution in [-0.2, 0) is 0 Å². The van der Waals surface area contributed by atoms with Crippen LogP contribution in [0.25, 0.3) is 0 Å². The Bertz CT molecular complexity index is 502. The first-order valence-corrected chi connectivity index (χ1v) is 5.24. The van der Waals surface area contributed by atoms with Crippen LogP contribution in [-0.4, -0.2) is 13.9 Å². The van der Waals surface area contributed by atoms with Crippen molar-refractivity contribution in [3.8, 4) is 0 Å². The number of aromatic nitrogens is 2. The van der Waals surface area contributed by atoms with Crippen LogP contribution in [0.4, 0.5) is 8.78 Å². The molecule has 1 aromatic heterocycles. The van der Waals surface area contributed by atoms with Gasteiger partial charge in [0.2, 0.25) is 0 Å². The van der Waals surface area contributed by atoms with Crippen molar-refractivity contribution in [2.45, 2.75) is 13.0 Å². The second-order valence-electron chi connectivity index (χ2n) is 3.33. The summed E-state index contributed by atoms with van der Waals surface area (Å²) in [5.74, 6) is -1.54. The predicted octanol–water partition coefficient (Wildman–Crippen LogP) is 2.21. The van der Waals surface area contributed by atoms with Crippen LogP contribution >= 0.6 is 11.7 Å². The second-order valence-corrected chi connectivity index (χ2v) is 3.88. The van der Waals surface area contributed by atoms with Gasteiger partial charge in [0.15, 0.2) is 0 Å². The van der Waals surface area contributed by atoms with E-state index in [2.05, 4.69) is 8.75 Å². The van der Waals surface area contributed by atoms with E-state index in [9.17, 15) is 13.9 Å². The van der Waals surface area contributed by atoms with Gasteiger partial charge in [-0.15, -0.1) is 0 Å². The lowest BCUT2D eigenvalue weighted by molar-refractivity contribution is 0.205. The summed E-state index contributed by atoms with van der Waals surface area (Å²) in [6, 6.07) is 2.44. The molecule has 1 heterocycles. The molecule has 0 saturated carbocycles. The summed E-state index contributed by atoms with van der Waals surface area (Å²) < 4.78 is 34.5. The van der Waals surface area contributed by atoms with Crippen LogP contribution in [0.5, 0.6) is 0 Å². The number of benzene rings is 1. The zero-order chi connectivity index (χ0) is 11.7. The minimum absolute atomic E-state index is 0.147. The highest BCUT2D eigenvalue weighted by Gasteiger charge is 2.22. The fourth-order valence-electron chi connectivity index (χ4n) is 1.37. The maximum Gasteiger partial charge on any atom is 0.135 e. The van der Waals surface area contributed by atoms with E-state index in [1.54, 1.807) is 0 Å². The van der Waals surface area contributed by atoms with E-state index >= 15 is 0 Å². The number of hydrogen-bond donors (Lipinski definition) is 1. The molecule has 1 unspecified atom stereocenters. The van der Waals surface area contributed by atoms with Crippen LogP contribution in [0.3, 0.4) is 0 Å². The van der Waals surface area contributed by atoms with Gasteiger partial charge in [-0.1, -0.05) is 6.07 Å². The lowest BCUT2D eigenvalue weighted by atomic mass is 10.0. The van der Waals surface area contributed by atoms with Gasteiger partial charge >= 0.3 is 0 Å². The van der Waals surface area contributed by atoms with Gasteiger partial charge in [-0.05, 0) is 18.6 Å². The molecule has 0 bridgehead atoms. The van der Waals surface area contributed by atoms with Crippen molar-refractivity contribution in [1.82, 2.24) is 8.75 Å². The molecule has 2 rings (SSSR count). The van der Waals surface area contributed by atoms with Gasteiger partial charge in [0.1, 0.15) is 23.4 Å². The van der Waals surface area contributed by atoms with E-state index in [4.69, 9.17) is 0 Å². The zero-order valence-electron chi connectivity index (χ0n) is 8.32. The third-order valence-electron chi connectivity index (χ3n) is 2.25. The number of halogens is 2. The van der Waals surface area contributed by atoms with Crippen LogP contribution in [0.2, 0.25) is 0 Å². The van der Waals surface area contributed by atoms with E-state index in [0.29, 0.717) is 0 Å². The lowest BCUT2D eigenvalue weighted by Crippen LogP contribution is -2.07. The molecule has 1 aromatic carbocycles. The highest BCUT2D eigenvalue weighted by molar-refractivity contribution is 6.99. The summed E-state index contributed by atoms with van der Waals surface area (Å²) in [4.78, 5) is 0. The maximum absolute atomic E-state index is 13.7. The van der Waals surface area contributed by atoms with Crippen molar-refractivity contribution in [3.63, 3.8) is 0 Å². The molecule has 1 N–H and O–H groups in total. The predicted molar refractivity (Wildman–Crippen MR) is 55.1 cm³/mol. The van der Waals surface area contributed by atoms with Crippen LogP contribution in [0.1, 0.15) is 22.9 Å². The Balaban J connectivity index is 2.52. The van der Waals surface area contributed by atoms with E-state index in [-0.39, 0.29) is 16.8 Å². The molecule has 0 radical (unpaired) electrons. The van der Waals surface area contributed by atoms with Crippen LogP contribution in [0.15, 0.2) is 18.3 Å². The Morgan fingerprint density at radius 3 is 2.75 bits per heavy atom. The van der Waals surface area contributed by atoms with Crippen LogP contribution in [0, 0.1) is 18.6 Å². The number of nitrogens with zero attached hydrogens (tertiary/aromatic N) is 2. The van der Waals surface area contributed by atoms with Gasteiger partial charge < -0.3 is 5.11 Å². The summed E-state index contributed by atoms with van der Waals surface area (Å²) in [7, 11) is 0. The molecule has 0 fully saturated rings. The molecular formula is C10H8F2N2OS. The standard InChI is InChI=1S/C10H8F2N2OS/c1-5-2-3-6(11)8(9(5)12)10(15)7-4-13-16-14-7/h2-4,10,15H,1H3. The molecule has 0 aliphatic heterocycles. The third kappa shape index (κ3) is 1.81. The number of hydrogen-bond acceptors (Lipinski definition) is 4. The van der Waals surface area contributed by atoms with Crippen molar-refractivity contribution < 1.29 is 13.9 Å². The Morgan fingerprint density at radius 2 is 2.12 bits per heavy atom. The number of rotatable bonds is 2. The van der Waals surface area contributed by atoms with Gasteiger partial charge in [0, 0.05) is 0 Å². The van der Waals surface area contributed by atoms with Gasteiger partial charge in [0.25, 0.3) is 0 Å². The van der Waals surface area contributed by atoms with Crippen molar-refractivity contribution in [1.29, 1.82) is 0 Å². The topological polar surface area (TPSA) is 46.0 Å². The minimum Gasteiger partial charge on any atom is -0.382 e. The Kier molecular flexibility index (Phi) is 2.93. The summed E-state index contributed by atoms with van der Waals surface area (Å²) >= 11 is 0.874. The Morgan fingerprint density at radius 1 is 1.38 bits per heavy atom. The monoisotopic (exact) mass is 242 g/mol. The first-order chi connectivity index (χ1) is 7.61. The largest absolute Gasteiger partial charge is 0.382 e. The number of aliphatic hydroxyl groups excluding tert-OH is 1. The van der Waals surface area contributed by atoms with E-state index < -0.39 is 17.7 Å². The van der Waals surface area contributed by atoms with Crippen molar-refractivity contribution >= 4 is 11.7 Å². The quantitative estimate of drug-likeness (QED) is 0.878. The second kappa shape index (κ2) is 4.23. The number of aryl methyl sites for hydroxylation is 1. The fourth-order valence-corrected chi connectivity index (χ4v) is 1.81. The maximum atomic E-state index is 13.7. The summed E-state index contributed by atoms with van der Waals surface area (Å²) in [5, 5.41) is 9.79. The highest BCUT2D eigenvalue weighted by atomic mass is 32.1. The molecular weight excluding hydrogens is 234 g/mol. The van der Waals surface area contributed by atoms with Gasteiger partial charge in [-0.2, -0.15) is 8.75 Å². The van der Waals surface area contributed by atoms with Gasteiger partial charge in [-0.25, -0.2) is 8.78 Å². The van der Waals surface area contributed by atoms with Gasteiger partial charge in [0.05, 0.1) is 23.5 Å². The van der Waals surface area contributed by atoms with E-state index in [1.807, 2.05) is 0 Å². The highest BCUT2D eigenvalue weighted by Crippen LogP contribution is 2.27. The molecule has 84 valence electrons. The van der Waals surface area contributed by atoms with Crippen molar-refractivity contribution in [2.24, 2.45) is 0 Å². The van der Waals surface area contributed by atoms with E-state index in [1.165, 1.54) is 19.2 Å². The molecule has 0 aliphatic rings. The molecule has 0 aliphatic carbocycles. The normalized spacial score (nSPS) is 12.8. The average Bonchev–Trinajstić information content (AvgIpc) is 2.77. The molecule has 6 heteroatoms. The summed E-state index contributed by atoms with van der Waals surface area (Å²) in [5.41, 5.74) is 0.0414. The van der Waals surface area contributed by atoms with Crippen molar-refractivity contribution in [3.05, 3.63) is 46.8 Å². The molecule has 1 atom stereocenters. The average molecular weight is 242 g/mol. The minimum atomic E-state index is -1.42. The lowest BCUT2D eigenvalue weighted by Gasteiger charge is -2.11. The van der Waals surface area contributed by atoms with Gasteiger partial charge in [-0.3, -0.25) is 0 Å². The summed E-state index contributed by atoms with van der Waals surface area (Å²) in [6.45, 7) is 1.50. The first kappa shape index (κ1) is 11.1. The summed E-state index contributed by atoms with van der Waals surface area (Å²) in [6.07, 6.45) is -0.130. The zero-order valence-corrected chi connectivity index (χ0v) is 9.13. The number of aliphatic hydroxyl groups is 1. The first-order valence-electron chi connectivity index (χ1n) is 4.51. The molecule has 0 amide bonds. The molecule has 2 aromatic rings. The molecule has 0 saturated heterocycles. The fraction of sp³-hybridized carbons (Fsp3) is 0.200. The van der Waals surface area contributed by atoms with Crippen molar-refractivity contribution in [2.75, 3.05) is 0 Å². The SMILES string of the molecule is Cc1ccc(F)c(C(O)c2cnsn2)c1F. The molecule has 3 nitrogen and oxygen atoms in total. The molecule has 16 heavy (non-hydrogen) atoms. The Labute approximate surface area is 94.7 Å². The molecule has 0 spiro atoms. The smallest absolute Gasteiger partial charge is 0.135 e. The Hall–Kier alpha value is -1.40. The third-order valence-corrected chi connectivity index (χ3v) is 2.74.